The van der Waals surface area contributed by atoms with Crippen molar-refractivity contribution >= 4 is 16.7 Å². The second-order valence-corrected chi connectivity index (χ2v) is 5.13. The Hall–Kier alpha value is -1.63. The van der Waals surface area contributed by atoms with Gasteiger partial charge in [-0.3, -0.25) is 0 Å². The fourth-order valence-electron chi connectivity index (χ4n) is 3.02. The van der Waals surface area contributed by atoms with Crippen molar-refractivity contribution in [3.63, 3.8) is 0 Å². The number of aliphatic hydroxyl groups excluding tert-OH is 3. The molecule has 6 N–H and O–H groups in total. The van der Waals surface area contributed by atoms with Crippen LogP contribution in [-0.4, -0.2) is 44.1 Å². The first-order valence-electron chi connectivity index (χ1n) is 6.32. The zero-order valence-electron chi connectivity index (χ0n) is 10.3. The van der Waals surface area contributed by atoms with Gasteiger partial charge in [0.15, 0.2) is 0 Å². The van der Waals surface area contributed by atoms with Crippen molar-refractivity contribution in [1.29, 1.82) is 0 Å². The molecule has 1 saturated carbocycles. The molecule has 1 fully saturated rings. The summed E-state index contributed by atoms with van der Waals surface area (Å²) < 4.78 is 0. The lowest BCUT2D eigenvalue weighted by atomic mass is 9.95. The van der Waals surface area contributed by atoms with E-state index in [0.717, 1.165) is 16.5 Å². The maximum atomic E-state index is 10.1. The van der Waals surface area contributed by atoms with Crippen molar-refractivity contribution in [3.05, 3.63) is 24.0 Å². The van der Waals surface area contributed by atoms with Crippen LogP contribution in [0.4, 0.5) is 5.82 Å². The van der Waals surface area contributed by atoms with Gasteiger partial charge < -0.3 is 26.0 Å². The third-order valence-corrected chi connectivity index (χ3v) is 4.10. The van der Waals surface area contributed by atoms with E-state index < -0.39 is 12.2 Å². The van der Waals surface area contributed by atoms with Gasteiger partial charge in [-0.2, -0.15) is 0 Å². The van der Waals surface area contributed by atoms with Crippen LogP contribution in [0.1, 0.15) is 17.9 Å². The Morgan fingerprint density at radius 2 is 2.16 bits per heavy atom. The predicted molar refractivity (Wildman–Crippen MR) is 70.5 cm³/mol. The molecule has 0 bridgehead atoms. The predicted octanol–water partition coefficient (Wildman–Crippen LogP) is -0.0373. The number of H-pyrrole nitrogens is 1. The van der Waals surface area contributed by atoms with Crippen LogP contribution in [-0.2, 0) is 0 Å². The Kier molecular flexibility index (Phi) is 2.93. The second kappa shape index (κ2) is 4.48. The summed E-state index contributed by atoms with van der Waals surface area (Å²) in [7, 11) is 0. The van der Waals surface area contributed by atoms with Gasteiger partial charge in [0.2, 0.25) is 0 Å². The van der Waals surface area contributed by atoms with Crippen molar-refractivity contribution < 1.29 is 15.3 Å². The molecule has 0 saturated heterocycles. The maximum absolute atomic E-state index is 10.1. The van der Waals surface area contributed by atoms with Crippen LogP contribution in [0.2, 0.25) is 0 Å². The average molecular weight is 263 g/mol. The summed E-state index contributed by atoms with van der Waals surface area (Å²) in [6, 6.07) is 1.84. The minimum absolute atomic E-state index is 0.124. The summed E-state index contributed by atoms with van der Waals surface area (Å²) in [5.41, 5.74) is 7.44. The maximum Gasteiger partial charge on any atom is 0.147 e. The van der Waals surface area contributed by atoms with E-state index in [1.165, 1.54) is 0 Å². The second-order valence-electron chi connectivity index (χ2n) is 5.13. The fraction of sp³-hybridized carbons (Fsp3) is 0.462. The number of pyridine rings is 1. The molecule has 1 aliphatic carbocycles. The Balaban J connectivity index is 2.04. The number of nitrogens with zero attached hydrogens (tertiary/aromatic N) is 1. The summed E-state index contributed by atoms with van der Waals surface area (Å²) >= 11 is 0. The van der Waals surface area contributed by atoms with E-state index in [9.17, 15) is 15.3 Å². The number of nitrogen functional groups attached to an aromatic ring is 1. The number of nitrogens with one attached hydrogen (secondary N) is 1. The molecule has 2 aromatic heterocycles. The molecule has 6 heteroatoms. The van der Waals surface area contributed by atoms with Crippen LogP contribution in [0.3, 0.4) is 0 Å². The molecule has 0 radical (unpaired) electrons. The molecular weight excluding hydrogens is 246 g/mol. The van der Waals surface area contributed by atoms with Gasteiger partial charge in [0.25, 0.3) is 0 Å². The highest BCUT2D eigenvalue weighted by Gasteiger charge is 2.42. The topological polar surface area (TPSA) is 115 Å². The molecule has 0 spiro atoms. The van der Waals surface area contributed by atoms with E-state index in [0.29, 0.717) is 12.2 Å². The lowest BCUT2D eigenvalue weighted by molar-refractivity contribution is 0.00242. The Morgan fingerprint density at radius 3 is 2.84 bits per heavy atom. The zero-order chi connectivity index (χ0) is 13.6. The summed E-state index contributed by atoms with van der Waals surface area (Å²) in [4.78, 5) is 7.07. The minimum Gasteiger partial charge on any atom is -0.396 e. The van der Waals surface area contributed by atoms with E-state index in [1.807, 2.05) is 6.07 Å². The molecule has 0 aliphatic heterocycles. The van der Waals surface area contributed by atoms with E-state index in [4.69, 9.17) is 5.73 Å². The highest BCUT2D eigenvalue weighted by Crippen LogP contribution is 2.41. The van der Waals surface area contributed by atoms with Gasteiger partial charge >= 0.3 is 0 Å². The lowest BCUT2D eigenvalue weighted by Crippen LogP contribution is -2.28. The molecular formula is C13H17N3O3. The largest absolute Gasteiger partial charge is 0.396 e. The molecule has 102 valence electrons. The highest BCUT2D eigenvalue weighted by molar-refractivity contribution is 5.90. The molecule has 2 heterocycles. The van der Waals surface area contributed by atoms with E-state index in [-0.39, 0.29) is 18.4 Å². The van der Waals surface area contributed by atoms with Gasteiger partial charge in [-0.05, 0) is 18.1 Å². The Labute approximate surface area is 109 Å². The van der Waals surface area contributed by atoms with E-state index in [1.54, 1.807) is 12.4 Å². The minimum atomic E-state index is -0.890. The van der Waals surface area contributed by atoms with Crippen molar-refractivity contribution in [3.8, 4) is 0 Å². The van der Waals surface area contributed by atoms with Crippen LogP contribution in [0.15, 0.2) is 18.5 Å². The quantitative estimate of drug-likeness (QED) is 0.521. The number of rotatable bonds is 2. The number of aromatic nitrogens is 2. The number of fused-ring (bicyclic) bond motifs is 1. The molecule has 1 aliphatic rings. The van der Waals surface area contributed by atoms with E-state index in [2.05, 4.69) is 9.97 Å². The third-order valence-electron chi connectivity index (χ3n) is 4.10. The van der Waals surface area contributed by atoms with Crippen LogP contribution in [0, 0.1) is 5.92 Å². The van der Waals surface area contributed by atoms with Gasteiger partial charge in [-0.15, -0.1) is 0 Å². The van der Waals surface area contributed by atoms with Crippen molar-refractivity contribution in [1.82, 2.24) is 9.97 Å². The average Bonchev–Trinajstić information content (AvgIpc) is 2.94. The molecule has 6 nitrogen and oxygen atoms in total. The van der Waals surface area contributed by atoms with Gasteiger partial charge in [0.05, 0.1) is 17.7 Å². The van der Waals surface area contributed by atoms with Crippen LogP contribution in [0.25, 0.3) is 10.9 Å². The van der Waals surface area contributed by atoms with Crippen molar-refractivity contribution in [2.45, 2.75) is 24.5 Å². The number of aromatic amines is 1. The third kappa shape index (κ3) is 1.80. The molecule has 0 unspecified atom stereocenters. The first-order chi connectivity index (χ1) is 9.13. The lowest BCUT2D eigenvalue weighted by Gasteiger charge is -2.16. The van der Waals surface area contributed by atoms with Crippen LogP contribution < -0.4 is 5.73 Å². The van der Waals surface area contributed by atoms with Gasteiger partial charge in [-0.1, -0.05) is 0 Å². The number of hydrogen-bond acceptors (Lipinski definition) is 5. The zero-order valence-corrected chi connectivity index (χ0v) is 10.3. The first kappa shape index (κ1) is 12.4. The Morgan fingerprint density at radius 1 is 1.37 bits per heavy atom. The Bertz CT molecular complexity index is 598. The number of hydrogen-bond donors (Lipinski definition) is 5. The summed E-state index contributed by atoms with van der Waals surface area (Å²) in [5.74, 6) is -0.0812. The monoisotopic (exact) mass is 263 g/mol. The molecule has 0 amide bonds. The smallest absolute Gasteiger partial charge is 0.147 e. The molecule has 2 aromatic rings. The number of aliphatic hydroxyl groups is 3. The highest BCUT2D eigenvalue weighted by atomic mass is 16.3. The summed E-state index contributed by atoms with van der Waals surface area (Å²) in [5, 5.41) is 30.2. The molecule has 3 rings (SSSR count). The standard InChI is InChI=1S/C13H17N3O3/c14-13-10-7(1-2-15-13)9(4-16-10)8-3-6(5-17)11(18)12(8)19/h1-2,4,6,8,11-12,16-19H,3,5H2,(H2,14,15)/t6-,8+,11-,12+/m1/s1. The van der Waals surface area contributed by atoms with Crippen LogP contribution in [0.5, 0.6) is 0 Å². The van der Waals surface area contributed by atoms with E-state index >= 15 is 0 Å². The fourth-order valence-corrected chi connectivity index (χ4v) is 3.02. The molecule has 0 aromatic carbocycles. The summed E-state index contributed by atoms with van der Waals surface area (Å²) in [6.07, 6.45) is 2.21. The van der Waals surface area contributed by atoms with Gasteiger partial charge in [0.1, 0.15) is 5.82 Å². The molecule has 4 atom stereocenters. The molecule has 19 heavy (non-hydrogen) atoms. The van der Waals surface area contributed by atoms with Crippen molar-refractivity contribution in [2.24, 2.45) is 5.92 Å². The van der Waals surface area contributed by atoms with Gasteiger partial charge in [0, 0.05) is 36.2 Å². The SMILES string of the molecule is Nc1nccc2c([C@@H]3C[C@H](CO)[C@@H](O)[C@H]3O)c[nH]c12. The van der Waals surface area contributed by atoms with Gasteiger partial charge in [-0.25, -0.2) is 4.98 Å². The van der Waals surface area contributed by atoms with Crippen molar-refractivity contribution in [2.75, 3.05) is 12.3 Å². The normalized spacial score (nSPS) is 31.1. The number of nitrogens with two attached hydrogens (primary N) is 1. The first-order valence-corrected chi connectivity index (χ1v) is 6.32. The number of anilines is 1. The summed E-state index contributed by atoms with van der Waals surface area (Å²) in [6.45, 7) is -0.124. The van der Waals surface area contributed by atoms with Crippen LogP contribution >= 0.6 is 0 Å².